The average molecular weight is 379 g/mol. The van der Waals surface area contributed by atoms with Crippen LogP contribution in [0.1, 0.15) is 42.3 Å². The lowest BCUT2D eigenvalue weighted by atomic mass is 10.1. The molecule has 2 heterocycles. The van der Waals surface area contributed by atoms with Gasteiger partial charge in [0.25, 0.3) is 5.91 Å². The first-order valence-electron chi connectivity index (χ1n) is 8.97. The number of primary amides is 1. The van der Waals surface area contributed by atoms with Crippen LogP contribution in [0.15, 0.2) is 36.8 Å². The van der Waals surface area contributed by atoms with Gasteiger partial charge in [-0.25, -0.2) is 4.98 Å². The van der Waals surface area contributed by atoms with E-state index in [1.54, 1.807) is 6.20 Å². The maximum absolute atomic E-state index is 11.8. The van der Waals surface area contributed by atoms with Gasteiger partial charge >= 0.3 is 0 Å². The molecule has 0 aliphatic heterocycles. The van der Waals surface area contributed by atoms with E-state index in [-0.39, 0.29) is 11.1 Å². The van der Waals surface area contributed by atoms with Gasteiger partial charge in [0.2, 0.25) is 5.95 Å². The summed E-state index contributed by atoms with van der Waals surface area (Å²) in [5.41, 5.74) is 9.30. The molecular weight excluding hydrogens is 354 g/mol. The summed E-state index contributed by atoms with van der Waals surface area (Å²) in [6.45, 7) is 10.2. The first kappa shape index (κ1) is 19.3. The molecule has 3 aromatic rings. The molecule has 3 rings (SSSR count). The number of anilines is 4. The molecule has 0 saturated carbocycles. The molecule has 0 aliphatic rings. The number of hydrogen-bond acceptors (Lipinski definition) is 6. The number of rotatable bonds is 5. The monoisotopic (exact) mass is 379 g/mol. The van der Waals surface area contributed by atoms with Crippen molar-refractivity contribution in [2.45, 2.75) is 40.2 Å². The maximum Gasteiger partial charge on any atom is 0.254 e. The number of aryl methyl sites for hydroxylation is 2. The lowest BCUT2D eigenvalue weighted by molar-refractivity contribution is 0.100. The van der Waals surface area contributed by atoms with Gasteiger partial charge in [0.15, 0.2) is 0 Å². The number of carbonyl (C=O) groups is 1. The molecule has 0 atom stereocenters. The number of nitrogens with one attached hydrogen (secondary N) is 2. The summed E-state index contributed by atoms with van der Waals surface area (Å²) in [6, 6.07) is 5.95. The quantitative estimate of drug-likeness (QED) is 0.624. The summed E-state index contributed by atoms with van der Waals surface area (Å²) in [6.07, 6.45) is 5.00. The molecule has 0 spiro atoms. The van der Waals surface area contributed by atoms with Crippen molar-refractivity contribution in [2.24, 2.45) is 5.73 Å². The van der Waals surface area contributed by atoms with Crippen LogP contribution in [0, 0.1) is 13.8 Å². The van der Waals surface area contributed by atoms with Crippen LogP contribution in [-0.2, 0) is 5.54 Å². The van der Waals surface area contributed by atoms with Crippen LogP contribution in [-0.4, -0.2) is 25.7 Å². The third-order valence-electron chi connectivity index (χ3n) is 4.30. The van der Waals surface area contributed by atoms with Crippen molar-refractivity contribution in [1.29, 1.82) is 0 Å². The highest BCUT2D eigenvalue weighted by molar-refractivity contribution is 5.98. The molecule has 0 bridgehead atoms. The van der Waals surface area contributed by atoms with Crippen LogP contribution < -0.4 is 16.4 Å². The Morgan fingerprint density at radius 3 is 2.36 bits per heavy atom. The smallest absolute Gasteiger partial charge is 0.254 e. The summed E-state index contributed by atoms with van der Waals surface area (Å²) in [5.74, 6) is 0.0960. The highest BCUT2D eigenvalue weighted by atomic mass is 16.1. The van der Waals surface area contributed by atoms with Crippen molar-refractivity contribution in [2.75, 3.05) is 10.6 Å². The molecule has 4 N–H and O–H groups in total. The summed E-state index contributed by atoms with van der Waals surface area (Å²) >= 11 is 0. The Labute approximate surface area is 164 Å². The Hall–Kier alpha value is -3.42. The molecule has 8 heteroatoms. The van der Waals surface area contributed by atoms with Crippen LogP contribution in [0.4, 0.5) is 23.1 Å². The molecule has 0 aliphatic carbocycles. The molecule has 0 fully saturated rings. The topological polar surface area (TPSA) is 111 Å². The minimum Gasteiger partial charge on any atom is -0.365 e. The number of para-hydroxylation sites is 1. The van der Waals surface area contributed by atoms with Crippen LogP contribution in [0.5, 0.6) is 0 Å². The SMILES string of the molecule is Cc1cccc(C)c1Nc1nc(Nc2cnn(C(C)(C)C)c2)ncc1C(N)=O. The highest BCUT2D eigenvalue weighted by Crippen LogP contribution is 2.26. The second-order valence-corrected chi connectivity index (χ2v) is 7.68. The lowest BCUT2D eigenvalue weighted by Gasteiger charge is -2.18. The van der Waals surface area contributed by atoms with E-state index in [4.69, 9.17) is 5.73 Å². The van der Waals surface area contributed by atoms with E-state index in [1.807, 2.05) is 42.9 Å². The number of hydrogen-bond donors (Lipinski definition) is 3. The maximum atomic E-state index is 11.8. The molecule has 146 valence electrons. The summed E-state index contributed by atoms with van der Waals surface area (Å²) in [4.78, 5) is 20.5. The van der Waals surface area contributed by atoms with Gasteiger partial charge in [-0.15, -0.1) is 0 Å². The Kier molecular flexibility index (Phi) is 5.04. The van der Waals surface area contributed by atoms with E-state index in [1.165, 1.54) is 6.20 Å². The fraction of sp³-hybridized carbons (Fsp3) is 0.300. The second-order valence-electron chi connectivity index (χ2n) is 7.68. The fourth-order valence-electron chi connectivity index (χ4n) is 2.73. The van der Waals surface area contributed by atoms with Gasteiger partial charge in [-0.1, -0.05) is 18.2 Å². The third-order valence-corrected chi connectivity index (χ3v) is 4.30. The van der Waals surface area contributed by atoms with Gasteiger partial charge < -0.3 is 16.4 Å². The van der Waals surface area contributed by atoms with Crippen LogP contribution in [0.25, 0.3) is 0 Å². The molecule has 28 heavy (non-hydrogen) atoms. The predicted molar refractivity (Wildman–Crippen MR) is 110 cm³/mol. The zero-order valence-electron chi connectivity index (χ0n) is 16.7. The van der Waals surface area contributed by atoms with Crippen molar-refractivity contribution in [3.63, 3.8) is 0 Å². The average Bonchev–Trinajstić information content (AvgIpc) is 3.07. The highest BCUT2D eigenvalue weighted by Gasteiger charge is 2.16. The molecule has 1 amide bonds. The Morgan fingerprint density at radius 1 is 1.11 bits per heavy atom. The predicted octanol–water partition coefficient (Wildman–Crippen LogP) is 3.63. The minimum absolute atomic E-state index is 0.133. The molecule has 0 saturated heterocycles. The normalized spacial score (nSPS) is 11.3. The molecule has 0 radical (unpaired) electrons. The molecule has 0 unspecified atom stereocenters. The van der Waals surface area contributed by atoms with Gasteiger partial charge in [-0.3, -0.25) is 9.48 Å². The second kappa shape index (κ2) is 7.30. The van der Waals surface area contributed by atoms with Crippen molar-refractivity contribution in [1.82, 2.24) is 19.7 Å². The standard InChI is InChI=1S/C20H25N7O/c1-12-7-6-8-13(2)16(12)25-18-15(17(21)28)10-22-19(26-18)24-14-9-23-27(11-14)20(3,4)5/h6-11H,1-5H3,(H2,21,28)(H2,22,24,25,26). The summed E-state index contributed by atoms with van der Waals surface area (Å²) in [7, 11) is 0. The minimum atomic E-state index is -0.596. The van der Waals surface area contributed by atoms with E-state index in [0.29, 0.717) is 11.8 Å². The van der Waals surface area contributed by atoms with E-state index in [0.717, 1.165) is 22.5 Å². The van der Waals surface area contributed by atoms with Crippen LogP contribution in [0.3, 0.4) is 0 Å². The van der Waals surface area contributed by atoms with Crippen molar-refractivity contribution >= 4 is 29.0 Å². The lowest BCUT2D eigenvalue weighted by Crippen LogP contribution is -2.21. The van der Waals surface area contributed by atoms with Crippen molar-refractivity contribution in [3.8, 4) is 0 Å². The van der Waals surface area contributed by atoms with Crippen LogP contribution >= 0.6 is 0 Å². The largest absolute Gasteiger partial charge is 0.365 e. The molecular formula is C20H25N7O. The van der Waals surface area contributed by atoms with Gasteiger partial charge in [-0.2, -0.15) is 10.1 Å². The van der Waals surface area contributed by atoms with E-state index >= 15 is 0 Å². The van der Waals surface area contributed by atoms with E-state index in [9.17, 15) is 4.79 Å². The molecule has 8 nitrogen and oxygen atoms in total. The van der Waals surface area contributed by atoms with E-state index < -0.39 is 5.91 Å². The fourth-order valence-corrected chi connectivity index (χ4v) is 2.73. The number of benzene rings is 1. The summed E-state index contributed by atoms with van der Waals surface area (Å²) in [5, 5.41) is 10.7. The molecule has 2 aromatic heterocycles. The number of carbonyl (C=O) groups excluding carboxylic acids is 1. The van der Waals surface area contributed by atoms with E-state index in [2.05, 4.69) is 46.5 Å². The van der Waals surface area contributed by atoms with Gasteiger partial charge in [-0.05, 0) is 45.7 Å². The number of amides is 1. The van der Waals surface area contributed by atoms with Gasteiger partial charge in [0.1, 0.15) is 11.4 Å². The third kappa shape index (κ3) is 4.11. The summed E-state index contributed by atoms with van der Waals surface area (Å²) < 4.78 is 1.85. The van der Waals surface area contributed by atoms with Gasteiger partial charge in [0, 0.05) is 18.1 Å². The molecule has 1 aromatic carbocycles. The Morgan fingerprint density at radius 2 is 1.79 bits per heavy atom. The first-order chi connectivity index (χ1) is 13.1. The zero-order valence-corrected chi connectivity index (χ0v) is 16.7. The van der Waals surface area contributed by atoms with Crippen LogP contribution in [0.2, 0.25) is 0 Å². The zero-order chi connectivity index (χ0) is 20.5. The number of nitrogens with two attached hydrogens (primary N) is 1. The number of nitrogens with zero attached hydrogens (tertiary/aromatic N) is 4. The number of aromatic nitrogens is 4. The Bertz CT molecular complexity index is 997. The van der Waals surface area contributed by atoms with Crippen molar-refractivity contribution in [3.05, 3.63) is 53.5 Å². The first-order valence-corrected chi connectivity index (χ1v) is 8.97. The van der Waals surface area contributed by atoms with Gasteiger partial charge in [0.05, 0.1) is 17.4 Å². The van der Waals surface area contributed by atoms with Crippen molar-refractivity contribution < 1.29 is 4.79 Å². The Balaban J connectivity index is 1.94.